The molecule has 0 amide bonds. The van der Waals surface area contributed by atoms with E-state index in [1.54, 1.807) is 24.4 Å². The molecule has 2 aromatic carbocycles. The molecular weight excluding hydrogens is 447 g/mol. The molecule has 0 spiro atoms. The average molecular weight is 473 g/mol. The van der Waals surface area contributed by atoms with Crippen LogP contribution in [0.3, 0.4) is 0 Å². The number of benzene rings is 2. The number of nitrogens with two attached hydrogens (primary N) is 1. The molecular formula is C24H26ClFN4O3. The number of rotatable bonds is 6. The molecule has 33 heavy (non-hydrogen) atoms. The third kappa shape index (κ3) is 4.16. The number of phenols is 1. The van der Waals surface area contributed by atoms with E-state index in [-0.39, 0.29) is 28.8 Å². The van der Waals surface area contributed by atoms with E-state index in [9.17, 15) is 9.50 Å². The first-order chi connectivity index (χ1) is 15.7. The standard InChI is InChI=1S/C24H26ClFN4O3/c1-24(2,3)18(27)11-33-17-8-13(9-26)19-20(22(17)32-4)14-10-28-30-23(14)29-21(19)12-5-6-16(31)15(25)7-12/h5-8,10,18,31H,9,11,27H2,1-4H3,(H,28,29,30)/t18-/m1/s1. The summed E-state index contributed by atoms with van der Waals surface area (Å²) in [6, 6.07) is 6.11. The Morgan fingerprint density at radius 1 is 1.24 bits per heavy atom. The van der Waals surface area contributed by atoms with Gasteiger partial charge in [0.1, 0.15) is 19.0 Å². The van der Waals surface area contributed by atoms with Crippen LogP contribution < -0.4 is 15.2 Å². The second-order valence-corrected chi connectivity index (χ2v) is 9.40. The Hall–Kier alpha value is -3.10. The van der Waals surface area contributed by atoms with Crippen LogP contribution in [0.25, 0.3) is 33.1 Å². The highest BCUT2D eigenvalue weighted by Gasteiger charge is 2.25. The first kappa shape index (κ1) is 23.1. The summed E-state index contributed by atoms with van der Waals surface area (Å²) in [5, 5.41) is 18.8. The Kier molecular flexibility index (Phi) is 6.07. The predicted molar refractivity (Wildman–Crippen MR) is 128 cm³/mol. The number of aromatic hydroxyl groups is 1. The number of aromatic nitrogens is 3. The molecule has 4 aromatic rings. The fourth-order valence-corrected chi connectivity index (χ4v) is 3.82. The molecule has 0 aliphatic heterocycles. The van der Waals surface area contributed by atoms with Crippen molar-refractivity contribution >= 4 is 33.4 Å². The lowest BCUT2D eigenvalue weighted by atomic mass is 9.88. The molecule has 2 heterocycles. The molecule has 0 aliphatic rings. The summed E-state index contributed by atoms with van der Waals surface area (Å²) in [5.41, 5.74) is 8.07. The molecule has 0 fully saturated rings. The van der Waals surface area contributed by atoms with Crippen LogP contribution in [-0.2, 0) is 6.67 Å². The third-order valence-corrected chi connectivity index (χ3v) is 6.08. The molecule has 4 N–H and O–H groups in total. The minimum absolute atomic E-state index is 0.0542. The van der Waals surface area contributed by atoms with Crippen molar-refractivity contribution in [3.8, 4) is 28.5 Å². The topological polar surface area (TPSA) is 106 Å². The molecule has 9 heteroatoms. The Morgan fingerprint density at radius 2 is 2.00 bits per heavy atom. The van der Waals surface area contributed by atoms with Crippen molar-refractivity contribution in [3.05, 3.63) is 41.0 Å². The van der Waals surface area contributed by atoms with Gasteiger partial charge >= 0.3 is 0 Å². The summed E-state index contributed by atoms with van der Waals surface area (Å²) in [7, 11) is 1.53. The number of fused-ring (bicyclic) bond motifs is 3. The first-order valence-electron chi connectivity index (χ1n) is 10.5. The van der Waals surface area contributed by atoms with E-state index in [1.807, 2.05) is 20.8 Å². The molecule has 0 aliphatic carbocycles. The normalized spacial score (nSPS) is 12.9. The monoisotopic (exact) mass is 472 g/mol. The SMILES string of the molecule is COc1c(OC[C@@H](N)C(C)(C)C)cc(CF)c2c(-c3ccc(O)c(Cl)c3)nc3[nH]ncc3c12. The number of methoxy groups -OCH3 is 1. The van der Waals surface area contributed by atoms with Crippen LogP contribution in [0.4, 0.5) is 4.39 Å². The summed E-state index contributed by atoms with van der Waals surface area (Å²) < 4.78 is 26.2. The number of phenolic OH excluding ortho intramolecular Hbond substituents is 1. The van der Waals surface area contributed by atoms with Crippen molar-refractivity contribution < 1.29 is 19.0 Å². The number of pyridine rings is 1. The van der Waals surface area contributed by atoms with Crippen LogP contribution in [0.1, 0.15) is 26.3 Å². The molecule has 0 saturated heterocycles. The van der Waals surface area contributed by atoms with E-state index in [2.05, 4.69) is 15.2 Å². The van der Waals surface area contributed by atoms with E-state index in [1.165, 1.54) is 13.2 Å². The maximum Gasteiger partial charge on any atom is 0.169 e. The third-order valence-electron chi connectivity index (χ3n) is 5.78. The van der Waals surface area contributed by atoms with Crippen LogP contribution in [0.15, 0.2) is 30.5 Å². The van der Waals surface area contributed by atoms with Gasteiger partial charge in [-0.05, 0) is 35.2 Å². The number of nitrogens with zero attached hydrogens (tertiary/aromatic N) is 2. The van der Waals surface area contributed by atoms with E-state index in [0.717, 1.165) is 0 Å². The minimum atomic E-state index is -0.758. The first-order valence-corrected chi connectivity index (χ1v) is 10.8. The second kappa shape index (κ2) is 8.68. The largest absolute Gasteiger partial charge is 0.506 e. The van der Waals surface area contributed by atoms with Crippen molar-refractivity contribution in [2.24, 2.45) is 11.1 Å². The Morgan fingerprint density at radius 3 is 2.64 bits per heavy atom. The maximum atomic E-state index is 14.4. The minimum Gasteiger partial charge on any atom is -0.506 e. The molecule has 0 saturated carbocycles. The van der Waals surface area contributed by atoms with Crippen LogP contribution in [-0.4, -0.2) is 40.0 Å². The van der Waals surface area contributed by atoms with Gasteiger partial charge in [0.25, 0.3) is 0 Å². The van der Waals surface area contributed by atoms with E-state index in [0.29, 0.717) is 50.1 Å². The van der Waals surface area contributed by atoms with E-state index in [4.69, 9.17) is 26.8 Å². The quantitative estimate of drug-likeness (QED) is 0.348. The van der Waals surface area contributed by atoms with Crippen molar-refractivity contribution in [1.82, 2.24) is 15.2 Å². The zero-order chi connectivity index (χ0) is 23.9. The van der Waals surface area contributed by atoms with Gasteiger partial charge in [0, 0.05) is 22.4 Å². The zero-order valence-electron chi connectivity index (χ0n) is 18.9. The van der Waals surface area contributed by atoms with Gasteiger partial charge in [-0.1, -0.05) is 32.4 Å². The van der Waals surface area contributed by atoms with Gasteiger partial charge in [-0.15, -0.1) is 0 Å². The molecule has 0 bridgehead atoms. The zero-order valence-corrected chi connectivity index (χ0v) is 19.6. The van der Waals surface area contributed by atoms with Gasteiger partial charge in [0.2, 0.25) is 0 Å². The molecule has 0 unspecified atom stereocenters. The van der Waals surface area contributed by atoms with Crippen molar-refractivity contribution in [2.75, 3.05) is 13.7 Å². The van der Waals surface area contributed by atoms with Crippen LogP contribution in [0.5, 0.6) is 17.2 Å². The van der Waals surface area contributed by atoms with Gasteiger partial charge in [0.05, 0.1) is 29.4 Å². The van der Waals surface area contributed by atoms with Gasteiger partial charge < -0.3 is 20.3 Å². The van der Waals surface area contributed by atoms with Crippen LogP contribution in [0.2, 0.25) is 5.02 Å². The Bertz CT molecular complexity index is 1330. The average Bonchev–Trinajstić information content (AvgIpc) is 3.25. The summed E-state index contributed by atoms with van der Waals surface area (Å²) in [6.45, 7) is 5.56. The number of hydrogen-bond donors (Lipinski definition) is 3. The van der Waals surface area contributed by atoms with Gasteiger partial charge in [-0.25, -0.2) is 9.37 Å². The summed E-state index contributed by atoms with van der Waals surface area (Å²) in [6.07, 6.45) is 1.62. The van der Waals surface area contributed by atoms with Crippen molar-refractivity contribution in [3.63, 3.8) is 0 Å². The number of nitrogens with one attached hydrogen (secondary N) is 1. The number of hydrogen-bond acceptors (Lipinski definition) is 6. The fraction of sp³-hybridized carbons (Fsp3) is 0.333. The number of halogens is 2. The lowest BCUT2D eigenvalue weighted by Gasteiger charge is -2.27. The van der Waals surface area contributed by atoms with Crippen molar-refractivity contribution in [1.29, 1.82) is 0 Å². The van der Waals surface area contributed by atoms with E-state index >= 15 is 0 Å². The molecule has 2 aromatic heterocycles. The number of alkyl halides is 1. The molecule has 1 atom stereocenters. The summed E-state index contributed by atoms with van der Waals surface area (Å²) in [4.78, 5) is 4.68. The van der Waals surface area contributed by atoms with Gasteiger partial charge in [-0.3, -0.25) is 5.10 Å². The maximum absolute atomic E-state index is 14.4. The smallest absolute Gasteiger partial charge is 0.169 e. The lowest BCUT2D eigenvalue weighted by molar-refractivity contribution is 0.200. The number of aromatic amines is 1. The molecule has 7 nitrogen and oxygen atoms in total. The van der Waals surface area contributed by atoms with Crippen LogP contribution in [0, 0.1) is 5.41 Å². The van der Waals surface area contributed by atoms with Crippen molar-refractivity contribution in [2.45, 2.75) is 33.5 Å². The molecule has 174 valence electrons. The number of ether oxygens (including phenoxy) is 2. The fourth-order valence-electron chi connectivity index (χ4n) is 3.64. The summed E-state index contributed by atoms with van der Waals surface area (Å²) >= 11 is 6.15. The van der Waals surface area contributed by atoms with E-state index < -0.39 is 6.67 Å². The lowest BCUT2D eigenvalue weighted by Crippen LogP contribution is -2.40. The molecule has 0 radical (unpaired) electrons. The van der Waals surface area contributed by atoms with Gasteiger partial charge in [-0.2, -0.15) is 5.10 Å². The Balaban J connectivity index is 2.01. The Labute approximate surface area is 195 Å². The summed E-state index contributed by atoms with van der Waals surface area (Å²) in [5.74, 6) is 0.769. The highest BCUT2D eigenvalue weighted by atomic mass is 35.5. The predicted octanol–water partition coefficient (Wildman–Crippen LogP) is 5.37. The van der Waals surface area contributed by atoms with Gasteiger partial charge in [0.15, 0.2) is 17.1 Å². The number of H-pyrrole nitrogens is 1. The van der Waals surface area contributed by atoms with Crippen LogP contribution >= 0.6 is 11.6 Å². The molecule has 4 rings (SSSR count). The second-order valence-electron chi connectivity index (χ2n) is 8.99. The highest BCUT2D eigenvalue weighted by Crippen LogP contribution is 2.45. The highest BCUT2D eigenvalue weighted by molar-refractivity contribution is 6.32.